The molecule has 6 heteroatoms. The van der Waals surface area contributed by atoms with Crippen molar-refractivity contribution in [1.82, 2.24) is 10.2 Å². The smallest absolute Gasteiger partial charge is 0.257 e. The van der Waals surface area contributed by atoms with Gasteiger partial charge in [-0.2, -0.15) is 5.10 Å². The molecule has 0 saturated heterocycles. The van der Waals surface area contributed by atoms with Gasteiger partial charge in [0.2, 0.25) is 0 Å². The average Bonchev–Trinajstić information content (AvgIpc) is 2.70. The minimum absolute atomic E-state index is 0.303. The highest BCUT2D eigenvalue weighted by Crippen LogP contribution is 2.21. The van der Waals surface area contributed by atoms with E-state index >= 15 is 0 Å². The summed E-state index contributed by atoms with van der Waals surface area (Å²) in [5.74, 6) is -0.303. The Morgan fingerprint density at radius 3 is 2.81 bits per heavy atom. The van der Waals surface area contributed by atoms with Gasteiger partial charge >= 0.3 is 0 Å². The molecule has 1 aromatic heterocycles. The Kier molecular flexibility index (Phi) is 3.12. The lowest BCUT2D eigenvalue weighted by atomic mass is 10.2. The molecule has 1 heterocycles. The molecule has 4 nitrogen and oxygen atoms in total. The lowest BCUT2D eigenvalue weighted by Gasteiger charge is -2.04. The number of carbonyl (C=O) groups is 1. The Balaban J connectivity index is 2.21. The van der Waals surface area contributed by atoms with Gasteiger partial charge in [0.05, 0.1) is 22.5 Å². The molecule has 0 atom stereocenters. The Labute approximate surface area is 102 Å². The van der Waals surface area contributed by atoms with Crippen molar-refractivity contribution in [3.8, 4) is 0 Å². The van der Waals surface area contributed by atoms with E-state index in [-0.39, 0.29) is 5.91 Å². The number of aromatic nitrogens is 2. The predicted molar refractivity (Wildman–Crippen MR) is 63.0 cm³/mol. The van der Waals surface area contributed by atoms with Gasteiger partial charge in [-0.25, -0.2) is 0 Å². The number of H-pyrrole nitrogens is 1. The molecule has 0 spiro atoms. The molecule has 0 aliphatic rings. The zero-order valence-corrected chi connectivity index (χ0v) is 9.51. The van der Waals surface area contributed by atoms with Gasteiger partial charge in [0.25, 0.3) is 5.91 Å². The first kappa shape index (κ1) is 11.0. The number of anilines is 1. The molecule has 0 radical (unpaired) electrons. The molecular formula is C10H7Cl2N3O. The third kappa shape index (κ3) is 2.35. The lowest BCUT2D eigenvalue weighted by molar-refractivity contribution is 0.102. The highest BCUT2D eigenvalue weighted by Gasteiger charge is 2.11. The maximum absolute atomic E-state index is 11.8. The van der Waals surface area contributed by atoms with Crippen LogP contribution in [0.15, 0.2) is 30.6 Å². The summed E-state index contributed by atoms with van der Waals surface area (Å²) in [6, 6.07) is 4.70. The van der Waals surface area contributed by atoms with Crippen molar-refractivity contribution < 1.29 is 4.79 Å². The molecule has 0 bridgehead atoms. The predicted octanol–water partition coefficient (Wildman–Crippen LogP) is 2.97. The number of aromatic amines is 1. The van der Waals surface area contributed by atoms with Crippen molar-refractivity contribution in [2.45, 2.75) is 0 Å². The zero-order chi connectivity index (χ0) is 11.5. The van der Waals surface area contributed by atoms with Crippen LogP contribution in [0.3, 0.4) is 0 Å². The van der Waals surface area contributed by atoms with Crippen molar-refractivity contribution >= 4 is 34.8 Å². The number of amides is 1. The summed E-state index contributed by atoms with van der Waals surface area (Å²) in [5.41, 5.74) is 0.947. The quantitative estimate of drug-likeness (QED) is 0.867. The third-order valence-corrected chi connectivity index (χ3v) is 2.48. The number of hydrogen-bond donors (Lipinski definition) is 2. The first-order valence-electron chi connectivity index (χ1n) is 4.42. The number of carbonyl (C=O) groups excluding carboxylic acids is 1. The van der Waals surface area contributed by atoms with Gasteiger partial charge in [-0.15, -0.1) is 0 Å². The zero-order valence-electron chi connectivity index (χ0n) is 8.00. The summed E-state index contributed by atoms with van der Waals surface area (Å²) >= 11 is 11.6. The van der Waals surface area contributed by atoms with Crippen molar-refractivity contribution in [2.24, 2.45) is 0 Å². The normalized spacial score (nSPS) is 10.1. The van der Waals surface area contributed by atoms with Crippen molar-refractivity contribution in [3.05, 3.63) is 46.2 Å². The van der Waals surface area contributed by atoms with Crippen molar-refractivity contribution in [3.63, 3.8) is 0 Å². The van der Waals surface area contributed by atoms with Crippen LogP contribution in [0, 0.1) is 0 Å². The molecule has 1 aromatic carbocycles. The number of hydrogen-bond acceptors (Lipinski definition) is 2. The van der Waals surface area contributed by atoms with Gasteiger partial charge in [-0.3, -0.25) is 9.89 Å². The molecule has 2 N–H and O–H groups in total. The second-order valence-electron chi connectivity index (χ2n) is 3.07. The highest BCUT2D eigenvalue weighted by molar-refractivity contribution is 6.37. The minimum atomic E-state index is -0.303. The fraction of sp³-hybridized carbons (Fsp3) is 0. The van der Waals surface area contributed by atoms with Crippen LogP contribution in [-0.2, 0) is 0 Å². The van der Waals surface area contributed by atoms with Gasteiger partial charge in [-0.1, -0.05) is 23.2 Å². The molecule has 0 fully saturated rings. The topological polar surface area (TPSA) is 57.8 Å². The second kappa shape index (κ2) is 4.55. The van der Waals surface area contributed by atoms with E-state index in [1.165, 1.54) is 12.3 Å². The molecule has 1 amide bonds. The molecule has 82 valence electrons. The van der Waals surface area contributed by atoms with E-state index in [1.54, 1.807) is 18.3 Å². The van der Waals surface area contributed by atoms with Gasteiger partial charge in [0.15, 0.2) is 0 Å². The Morgan fingerprint density at radius 1 is 1.38 bits per heavy atom. The molecule has 0 unspecified atom stereocenters. The van der Waals surface area contributed by atoms with Crippen LogP contribution in [0.1, 0.15) is 10.4 Å². The summed E-state index contributed by atoms with van der Waals surface area (Å²) in [4.78, 5) is 11.8. The molecular weight excluding hydrogens is 249 g/mol. The van der Waals surface area contributed by atoms with Gasteiger partial charge in [0.1, 0.15) is 0 Å². The van der Waals surface area contributed by atoms with Crippen LogP contribution >= 0.6 is 23.2 Å². The van der Waals surface area contributed by atoms with Gasteiger partial charge in [0, 0.05) is 11.2 Å². The van der Waals surface area contributed by atoms with E-state index < -0.39 is 0 Å². The minimum Gasteiger partial charge on any atom is -0.319 e. The SMILES string of the molecule is O=C(Nc1cn[nH]c1)c1ccc(Cl)cc1Cl. The summed E-state index contributed by atoms with van der Waals surface area (Å²) in [7, 11) is 0. The Bertz CT molecular complexity index is 511. The van der Waals surface area contributed by atoms with E-state index in [2.05, 4.69) is 15.5 Å². The number of nitrogens with zero attached hydrogens (tertiary/aromatic N) is 1. The molecule has 2 rings (SSSR count). The Hall–Kier alpha value is -1.52. The second-order valence-corrected chi connectivity index (χ2v) is 3.91. The van der Waals surface area contributed by atoms with E-state index in [1.807, 2.05) is 0 Å². The van der Waals surface area contributed by atoms with Crippen LogP contribution < -0.4 is 5.32 Å². The fourth-order valence-electron chi connectivity index (χ4n) is 1.19. The van der Waals surface area contributed by atoms with Crippen LogP contribution in [0.4, 0.5) is 5.69 Å². The highest BCUT2D eigenvalue weighted by atomic mass is 35.5. The number of rotatable bonds is 2. The van der Waals surface area contributed by atoms with Crippen LogP contribution in [0.5, 0.6) is 0 Å². The van der Waals surface area contributed by atoms with Crippen molar-refractivity contribution in [2.75, 3.05) is 5.32 Å². The summed E-state index contributed by atoms with van der Waals surface area (Å²) in [6.07, 6.45) is 3.07. The molecule has 0 aliphatic carbocycles. The first-order chi connectivity index (χ1) is 7.66. The lowest BCUT2D eigenvalue weighted by Crippen LogP contribution is -2.11. The number of nitrogens with one attached hydrogen (secondary N) is 2. The maximum atomic E-state index is 11.8. The molecule has 16 heavy (non-hydrogen) atoms. The van der Waals surface area contributed by atoms with Crippen LogP contribution in [0.2, 0.25) is 10.0 Å². The first-order valence-corrected chi connectivity index (χ1v) is 5.17. The van der Waals surface area contributed by atoms with E-state index in [0.29, 0.717) is 21.3 Å². The fourth-order valence-corrected chi connectivity index (χ4v) is 1.69. The monoisotopic (exact) mass is 255 g/mol. The van der Waals surface area contributed by atoms with Crippen LogP contribution in [-0.4, -0.2) is 16.1 Å². The maximum Gasteiger partial charge on any atom is 0.257 e. The average molecular weight is 256 g/mol. The largest absolute Gasteiger partial charge is 0.319 e. The summed E-state index contributed by atoms with van der Waals surface area (Å²) < 4.78 is 0. The number of benzene rings is 1. The van der Waals surface area contributed by atoms with E-state index in [4.69, 9.17) is 23.2 Å². The number of halogens is 2. The van der Waals surface area contributed by atoms with Crippen molar-refractivity contribution in [1.29, 1.82) is 0 Å². The van der Waals surface area contributed by atoms with Crippen LogP contribution in [0.25, 0.3) is 0 Å². The molecule has 0 aliphatic heterocycles. The van der Waals surface area contributed by atoms with E-state index in [0.717, 1.165) is 0 Å². The molecule has 2 aromatic rings. The van der Waals surface area contributed by atoms with Gasteiger partial charge < -0.3 is 5.32 Å². The van der Waals surface area contributed by atoms with Gasteiger partial charge in [-0.05, 0) is 18.2 Å². The summed E-state index contributed by atoms with van der Waals surface area (Å²) in [5, 5.41) is 9.75. The summed E-state index contributed by atoms with van der Waals surface area (Å²) in [6.45, 7) is 0. The third-order valence-electron chi connectivity index (χ3n) is 1.93. The Morgan fingerprint density at radius 2 is 2.19 bits per heavy atom. The molecule has 0 saturated carbocycles. The standard InChI is InChI=1S/C10H7Cl2N3O/c11-6-1-2-8(9(12)3-6)10(16)15-7-4-13-14-5-7/h1-5H,(H,13,14)(H,15,16). The van der Waals surface area contributed by atoms with E-state index in [9.17, 15) is 4.79 Å².